The lowest BCUT2D eigenvalue weighted by Gasteiger charge is -2.36. The second-order valence-corrected chi connectivity index (χ2v) is 6.91. The standard InChI is InChI=1S/C22H25N3O2/c1-3-13-23-22(26)25-14-12-18-17-6-4-5-7-19(17)24-20(18)21(25)15-8-10-16(27-2)11-9-15/h4-11,21,24H,3,12-14H2,1-2H3,(H,23,26). The fourth-order valence-electron chi connectivity index (χ4n) is 3.93. The van der Waals surface area contributed by atoms with Gasteiger partial charge in [0.25, 0.3) is 0 Å². The van der Waals surface area contributed by atoms with Crippen molar-refractivity contribution in [3.63, 3.8) is 0 Å². The number of para-hydroxylation sites is 1. The average Bonchev–Trinajstić information content (AvgIpc) is 3.10. The number of nitrogens with zero attached hydrogens (tertiary/aromatic N) is 1. The largest absolute Gasteiger partial charge is 0.497 e. The summed E-state index contributed by atoms with van der Waals surface area (Å²) in [5.74, 6) is 0.813. The molecule has 1 aliphatic heterocycles. The third kappa shape index (κ3) is 3.14. The number of urea groups is 1. The van der Waals surface area contributed by atoms with Crippen molar-refractivity contribution in [2.24, 2.45) is 0 Å². The van der Waals surface area contributed by atoms with Crippen molar-refractivity contribution in [1.29, 1.82) is 0 Å². The quantitative estimate of drug-likeness (QED) is 0.728. The molecule has 5 nitrogen and oxygen atoms in total. The number of fused-ring (bicyclic) bond motifs is 3. The number of ether oxygens (including phenoxy) is 1. The first-order valence-corrected chi connectivity index (χ1v) is 9.50. The maximum Gasteiger partial charge on any atom is 0.318 e. The third-order valence-corrected chi connectivity index (χ3v) is 5.25. The lowest BCUT2D eigenvalue weighted by Crippen LogP contribution is -2.46. The predicted octanol–water partition coefficient (Wildman–Crippen LogP) is 4.24. The van der Waals surface area contributed by atoms with Gasteiger partial charge in [-0.2, -0.15) is 0 Å². The maximum absolute atomic E-state index is 12.9. The normalized spacial score (nSPS) is 16.2. The fourth-order valence-corrected chi connectivity index (χ4v) is 3.93. The van der Waals surface area contributed by atoms with E-state index in [2.05, 4.69) is 35.4 Å². The molecule has 27 heavy (non-hydrogen) atoms. The van der Waals surface area contributed by atoms with E-state index in [0.29, 0.717) is 13.1 Å². The van der Waals surface area contributed by atoms with Gasteiger partial charge < -0.3 is 19.9 Å². The summed E-state index contributed by atoms with van der Waals surface area (Å²) >= 11 is 0. The minimum Gasteiger partial charge on any atom is -0.497 e. The Bertz CT molecular complexity index is 946. The SMILES string of the molecule is CCCNC(=O)N1CCc2c([nH]c3ccccc23)C1c1ccc(OC)cc1. The molecule has 1 aliphatic rings. The van der Waals surface area contributed by atoms with Gasteiger partial charge in [0.2, 0.25) is 0 Å². The molecule has 0 radical (unpaired) electrons. The number of nitrogens with one attached hydrogen (secondary N) is 2. The molecule has 2 N–H and O–H groups in total. The van der Waals surface area contributed by atoms with Gasteiger partial charge in [0.1, 0.15) is 5.75 Å². The molecule has 3 aromatic rings. The molecular weight excluding hydrogens is 338 g/mol. The molecule has 2 heterocycles. The second-order valence-electron chi connectivity index (χ2n) is 6.91. The molecule has 0 spiro atoms. The van der Waals surface area contributed by atoms with E-state index < -0.39 is 0 Å². The van der Waals surface area contributed by atoms with Crippen LogP contribution in [0.4, 0.5) is 4.79 Å². The van der Waals surface area contributed by atoms with Crippen LogP contribution in [0.2, 0.25) is 0 Å². The summed E-state index contributed by atoms with van der Waals surface area (Å²) in [5, 5.41) is 4.29. The van der Waals surface area contributed by atoms with Crippen LogP contribution in [0.25, 0.3) is 10.9 Å². The van der Waals surface area contributed by atoms with Crippen LogP contribution < -0.4 is 10.1 Å². The van der Waals surface area contributed by atoms with Crippen LogP contribution in [0.3, 0.4) is 0 Å². The molecule has 1 aromatic heterocycles. The first-order valence-electron chi connectivity index (χ1n) is 9.50. The van der Waals surface area contributed by atoms with Crippen molar-refractivity contribution in [3.8, 4) is 5.75 Å². The summed E-state index contributed by atoms with van der Waals surface area (Å²) in [6.07, 6.45) is 1.77. The summed E-state index contributed by atoms with van der Waals surface area (Å²) in [4.78, 5) is 18.4. The van der Waals surface area contributed by atoms with Gasteiger partial charge in [-0.1, -0.05) is 37.3 Å². The first kappa shape index (κ1) is 17.5. The summed E-state index contributed by atoms with van der Waals surface area (Å²) in [5.41, 5.74) is 4.62. The molecule has 2 aromatic carbocycles. The third-order valence-electron chi connectivity index (χ3n) is 5.25. The summed E-state index contributed by atoms with van der Waals surface area (Å²) in [6.45, 7) is 3.44. The number of benzene rings is 2. The minimum absolute atomic E-state index is 0.0121. The summed E-state index contributed by atoms with van der Waals surface area (Å²) in [7, 11) is 1.66. The highest BCUT2D eigenvalue weighted by Gasteiger charge is 2.34. The number of methoxy groups -OCH3 is 1. The summed E-state index contributed by atoms with van der Waals surface area (Å²) in [6, 6.07) is 16.2. The van der Waals surface area contributed by atoms with E-state index >= 15 is 0 Å². The number of aromatic amines is 1. The maximum atomic E-state index is 12.9. The van der Waals surface area contributed by atoms with Crippen molar-refractivity contribution in [2.75, 3.05) is 20.2 Å². The van der Waals surface area contributed by atoms with Crippen molar-refractivity contribution in [2.45, 2.75) is 25.8 Å². The van der Waals surface area contributed by atoms with Crippen molar-refractivity contribution in [1.82, 2.24) is 15.2 Å². The van der Waals surface area contributed by atoms with Gasteiger partial charge in [0.15, 0.2) is 0 Å². The van der Waals surface area contributed by atoms with Crippen molar-refractivity contribution >= 4 is 16.9 Å². The molecule has 2 amide bonds. The van der Waals surface area contributed by atoms with Gasteiger partial charge in [-0.25, -0.2) is 4.79 Å². The van der Waals surface area contributed by atoms with E-state index in [4.69, 9.17) is 4.74 Å². The van der Waals surface area contributed by atoms with Crippen molar-refractivity contribution in [3.05, 3.63) is 65.4 Å². The van der Waals surface area contributed by atoms with Gasteiger partial charge in [-0.15, -0.1) is 0 Å². The van der Waals surface area contributed by atoms with Gasteiger partial charge in [-0.3, -0.25) is 0 Å². The topological polar surface area (TPSA) is 57.4 Å². The van der Waals surface area contributed by atoms with E-state index in [1.165, 1.54) is 10.9 Å². The molecular formula is C22H25N3O2. The Kier molecular flexibility index (Phi) is 4.75. The van der Waals surface area contributed by atoms with Crippen LogP contribution in [0.15, 0.2) is 48.5 Å². The fraction of sp³-hybridized carbons (Fsp3) is 0.318. The zero-order chi connectivity index (χ0) is 18.8. The Morgan fingerprint density at radius 2 is 2.00 bits per heavy atom. The molecule has 4 rings (SSSR count). The van der Waals surface area contributed by atoms with Gasteiger partial charge in [0, 0.05) is 29.7 Å². The molecule has 0 saturated heterocycles. The van der Waals surface area contributed by atoms with Crippen LogP contribution in [0.1, 0.15) is 36.2 Å². The molecule has 5 heteroatoms. The van der Waals surface area contributed by atoms with Gasteiger partial charge in [-0.05, 0) is 42.2 Å². The Morgan fingerprint density at radius 3 is 2.74 bits per heavy atom. The lowest BCUT2D eigenvalue weighted by atomic mass is 9.92. The monoisotopic (exact) mass is 363 g/mol. The Morgan fingerprint density at radius 1 is 1.22 bits per heavy atom. The number of rotatable bonds is 4. The van der Waals surface area contributed by atoms with Gasteiger partial charge >= 0.3 is 6.03 Å². The zero-order valence-corrected chi connectivity index (χ0v) is 15.8. The average molecular weight is 363 g/mol. The highest BCUT2D eigenvalue weighted by atomic mass is 16.5. The van der Waals surface area contributed by atoms with E-state index in [1.54, 1.807) is 7.11 Å². The van der Waals surface area contributed by atoms with Crippen molar-refractivity contribution < 1.29 is 9.53 Å². The second kappa shape index (κ2) is 7.35. The smallest absolute Gasteiger partial charge is 0.318 e. The number of amides is 2. The predicted molar refractivity (Wildman–Crippen MR) is 107 cm³/mol. The van der Waals surface area contributed by atoms with Crippen LogP contribution >= 0.6 is 0 Å². The number of carbonyl (C=O) groups excluding carboxylic acids is 1. The molecule has 140 valence electrons. The van der Waals surface area contributed by atoms with E-state index in [1.807, 2.05) is 35.2 Å². The minimum atomic E-state index is -0.135. The Hall–Kier alpha value is -2.95. The number of hydrogen-bond acceptors (Lipinski definition) is 2. The number of hydrogen-bond donors (Lipinski definition) is 2. The van der Waals surface area contributed by atoms with Crippen LogP contribution in [-0.4, -0.2) is 36.1 Å². The number of aromatic nitrogens is 1. The number of H-pyrrole nitrogens is 1. The highest BCUT2D eigenvalue weighted by Crippen LogP contribution is 2.38. The molecule has 0 fully saturated rings. The van der Waals surface area contributed by atoms with Crippen LogP contribution in [0.5, 0.6) is 5.75 Å². The Balaban J connectivity index is 1.80. The molecule has 0 saturated carbocycles. The number of carbonyl (C=O) groups is 1. The summed E-state index contributed by atoms with van der Waals surface area (Å²) < 4.78 is 5.30. The first-order chi connectivity index (χ1) is 13.2. The van der Waals surface area contributed by atoms with E-state index in [0.717, 1.165) is 35.4 Å². The van der Waals surface area contributed by atoms with Crippen LogP contribution in [0, 0.1) is 0 Å². The highest BCUT2D eigenvalue weighted by molar-refractivity contribution is 5.86. The van der Waals surface area contributed by atoms with Crippen LogP contribution in [-0.2, 0) is 6.42 Å². The Labute approximate surface area is 159 Å². The van der Waals surface area contributed by atoms with E-state index in [-0.39, 0.29) is 12.1 Å². The molecule has 1 unspecified atom stereocenters. The molecule has 0 aliphatic carbocycles. The lowest BCUT2D eigenvalue weighted by molar-refractivity contribution is 0.179. The molecule has 0 bridgehead atoms. The van der Waals surface area contributed by atoms with Gasteiger partial charge in [0.05, 0.1) is 13.2 Å². The zero-order valence-electron chi connectivity index (χ0n) is 15.8. The van der Waals surface area contributed by atoms with E-state index in [9.17, 15) is 4.79 Å². The molecule has 1 atom stereocenters.